The Labute approximate surface area is 774 Å². The topological polar surface area (TPSA) is 227 Å². The molecule has 0 aliphatic heterocycles. The van der Waals surface area contributed by atoms with Gasteiger partial charge in [-0.25, -0.2) is 33.7 Å². The van der Waals surface area contributed by atoms with Gasteiger partial charge in [-0.1, -0.05) is 235 Å². The van der Waals surface area contributed by atoms with E-state index in [1.54, 1.807) is 89.5 Å². The molecule has 129 heavy (non-hydrogen) atoms. The molecule has 702 valence electrons. The Morgan fingerprint density at radius 1 is 0.395 bits per heavy atom. The van der Waals surface area contributed by atoms with Gasteiger partial charge in [0, 0.05) is 11.3 Å². The van der Waals surface area contributed by atoms with E-state index in [1.807, 2.05) is 227 Å². The summed E-state index contributed by atoms with van der Waals surface area (Å²) >= 11 is 0. The van der Waals surface area contributed by atoms with Gasteiger partial charge in [-0.3, -0.25) is 0 Å². The van der Waals surface area contributed by atoms with Crippen LogP contribution in [0.3, 0.4) is 0 Å². The summed E-state index contributed by atoms with van der Waals surface area (Å²) in [6, 6.07) is 52.9. The minimum atomic E-state index is -3.66. The van der Waals surface area contributed by atoms with Crippen molar-refractivity contribution in [1.29, 1.82) is 0 Å². The first-order valence-electron chi connectivity index (χ1n) is 44.9. The fraction of sp³-hybridized carbons (Fsp3) is 0.417. The van der Waals surface area contributed by atoms with Gasteiger partial charge in [0.1, 0.15) is 41.5 Å². The molecular formula is C108H144O17S4. The van der Waals surface area contributed by atoms with Crippen LogP contribution in [0.1, 0.15) is 213 Å². The molecule has 0 saturated carbocycles. The highest BCUT2D eigenvalue weighted by molar-refractivity contribution is 7.92. The van der Waals surface area contributed by atoms with Crippen molar-refractivity contribution in [2.24, 2.45) is 11.3 Å². The van der Waals surface area contributed by atoms with Crippen molar-refractivity contribution in [2.45, 2.75) is 249 Å². The summed E-state index contributed by atoms with van der Waals surface area (Å²) in [4.78, 5) is 13.6. The second-order valence-corrected chi connectivity index (χ2v) is 41.2. The van der Waals surface area contributed by atoms with Gasteiger partial charge in [0.2, 0.25) is 0 Å². The third kappa shape index (κ3) is 37.5. The quantitative estimate of drug-likeness (QED) is 0.0149. The number of benzene rings is 8. The van der Waals surface area contributed by atoms with E-state index in [-0.39, 0.29) is 53.3 Å². The van der Waals surface area contributed by atoms with Crippen LogP contribution in [0.4, 0.5) is 0 Å². The molecule has 0 aliphatic carbocycles. The summed E-state index contributed by atoms with van der Waals surface area (Å²) in [5, 5.41) is 0. The van der Waals surface area contributed by atoms with E-state index in [4.69, 9.17) is 37.9 Å². The van der Waals surface area contributed by atoms with E-state index in [2.05, 4.69) is 47.1 Å². The van der Waals surface area contributed by atoms with Crippen molar-refractivity contribution in [2.75, 3.05) is 51.5 Å². The van der Waals surface area contributed by atoms with Crippen molar-refractivity contribution in [3.05, 3.63) is 323 Å². The number of hydrogen-bond acceptors (Lipinski definition) is 17. The third-order valence-corrected chi connectivity index (χ3v) is 29.7. The van der Waals surface area contributed by atoms with Crippen molar-refractivity contribution in [3.63, 3.8) is 0 Å². The number of methoxy groups -OCH3 is 4. The molecule has 6 unspecified atom stereocenters. The van der Waals surface area contributed by atoms with E-state index >= 15 is 0 Å². The Hall–Kier alpha value is -9.87. The molecule has 0 fully saturated rings. The lowest BCUT2D eigenvalue weighted by atomic mass is 9.83. The van der Waals surface area contributed by atoms with Crippen molar-refractivity contribution < 1.29 is 76.4 Å². The first-order chi connectivity index (χ1) is 61.5. The number of hydrogen-bond donors (Lipinski definition) is 0. The van der Waals surface area contributed by atoms with Crippen LogP contribution in [-0.4, -0.2) is 122 Å². The number of ether oxygens (including phenoxy) is 8. The lowest BCUT2D eigenvalue weighted by molar-refractivity contribution is -0.194. The van der Waals surface area contributed by atoms with E-state index < -0.39 is 51.1 Å². The maximum atomic E-state index is 13.9. The van der Waals surface area contributed by atoms with E-state index in [0.29, 0.717) is 77.4 Å². The summed E-state index contributed by atoms with van der Waals surface area (Å²) in [5.41, 5.74) is 12.0. The molecule has 8 rings (SSSR count). The van der Waals surface area contributed by atoms with Crippen LogP contribution in [0.25, 0.3) is 0 Å². The number of unbranched alkanes of at least 4 members (excludes halogenated alkanes) is 4. The molecule has 21 heteroatoms. The Balaban J connectivity index is 0.000000305. The molecule has 8 aromatic rings. The fourth-order valence-corrected chi connectivity index (χ4v) is 21.6. The number of carbonyl (C=O) groups is 1. The first-order valence-corrected chi connectivity index (χ1v) is 51.5. The monoisotopic (exact) mass is 1840 g/mol. The Morgan fingerprint density at radius 3 is 0.977 bits per heavy atom. The largest absolute Gasteiger partial charge is 0.497 e. The normalized spacial score (nSPS) is 13.7. The highest BCUT2D eigenvalue weighted by Gasteiger charge is 2.37. The second kappa shape index (κ2) is 56.0. The van der Waals surface area contributed by atoms with Gasteiger partial charge in [-0.05, 0) is 261 Å². The molecule has 0 amide bonds. The SMILES string of the molecule is C=CC(C)O/C=C(\CCCC)CS(=O)(=O)c1ccc(C)cc1Cc1ccc(OC)cc1.C=CC(C)O/C=C(\CCCC)CS(=O)(=O)c1ccc(C)cc1Cc1ccc(OC)cc1.C=CC(C)OC(OC(C)C=C)C(CCCC)CS(=O)(=O)c1ccc(C)cc1Cc1ccc(OC)cc1.CC=CCC(C=O)(CCCC)CS(=O)(=O)c1ccc(C)cc1Cc1ccc(OC)cc1. The van der Waals surface area contributed by atoms with Gasteiger partial charge in [0.15, 0.2) is 45.6 Å². The minimum Gasteiger partial charge on any atom is -0.497 e. The van der Waals surface area contributed by atoms with Gasteiger partial charge in [-0.15, -0.1) is 13.2 Å². The zero-order chi connectivity index (χ0) is 95.3. The van der Waals surface area contributed by atoms with Crippen LogP contribution in [0, 0.1) is 39.0 Å². The zero-order valence-corrected chi connectivity index (χ0v) is 82.8. The average molecular weight is 1840 g/mol. The summed E-state index contributed by atoms with van der Waals surface area (Å²) in [6.07, 6.45) is 25.6. The molecule has 8 aromatic carbocycles. The molecule has 6 atom stereocenters. The molecule has 0 heterocycles. The van der Waals surface area contributed by atoms with E-state index in [1.165, 1.54) is 0 Å². The number of carbonyl (C=O) groups excluding carboxylic acids is 1. The Morgan fingerprint density at radius 2 is 0.698 bits per heavy atom. The lowest BCUT2D eigenvalue weighted by Gasteiger charge is -2.31. The molecule has 0 aromatic heterocycles. The molecule has 0 aliphatic rings. The van der Waals surface area contributed by atoms with Crippen LogP contribution in [-0.2, 0) is 88.8 Å². The number of aldehydes is 1. The molecule has 0 spiro atoms. The van der Waals surface area contributed by atoms with E-state index in [9.17, 15) is 38.5 Å². The third-order valence-electron chi connectivity index (χ3n) is 22.1. The second-order valence-electron chi connectivity index (χ2n) is 33.3. The van der Waals surface area contributed by atoms with Gasteiger partial charge in [-0.2, -0.15) is 0 Å². The number of aryl methyl sites for hydroxylation is 4. The number of sulfone groups is 4. The maximum absolute atomic E-state index is 13.9. The maximum Gasteiger partial charge on any atom is 0.182 e. The highest BCUT2D eigenvalue weighted by Crippen LogP contribution is 2.36. The predicted molar refractivity (Wildman–Crippen MR) is 529 cm³/mol. The molecule has 0 radical (unpaired) electrons. The zero-order valence-electron chi connectivity index (χ0n) is 79.6. The van der Waals surface area contributed by atoms with Gasteiger partial charge >= 0.3 is 0 Å². The number of rotatable bonds is 52. The van der Waals surface area contributed by atoms with Gasteiger partial charge < -0.3 is 42.7 Å². The summed E-state index contributed by atoms with van der Waals surface area (Å²) in [7, 11) is -7.84. The standard InChI is InChI=1S/C30H42O5S.3C26H34O4S/c1-8-11-12-26(30(34-23(5)9-2)35-24(6)10-3)21-36(31,32)29-18-13-22(4)19-27(29)20-25-14-16-28(33-7)17-15-25;2*1-6-8-9-23(18-30-21(4)7-2)19-31(27,28)26-15-10-20(3)16-24(26)17-22-11-13-25(29-5)14-12-22;1-5-7-15-26(19-27,16-8-6-2)20-31(28,29)25-14-9-21(3)17-23(25)18-22-10-12-24(30-4)13-11-22/h9-10,13-19,23-24,26,30H,2-3,8,11-12,20-21H2,1,4-7H3;2*7,10-16,18,21H,2,6,8-9,17,19H2,1,3-5H3;5,7,9-14,17,19H,6,8,15-16,18,20H2,1-4H3/b;2*23-18+;. The molecule has 17 nitrogen and oxygen atoms in total. The molecule has 0 N–H and O–H groups in total. The van der Waals surface area contributed by atoms with Crippen LogP contribution >= 0.6 is 0 Å². The fourth-order valence-electron chi connectivity index (χ4n) is 14.4. The summed E-state index contributed by atoms with van der Waals surface area (Å²) in [5.74, 6) is 2.41. The van der Waals surface area contributed by atoms with Crippen LogP contribution in [0.5, 0.6) is 23.0 Å². The summed E-state index contributed by atoms with van der Waals surface area (Å²) < 4.78 is 153. The van der Waals surface area contributed by atoms with Crippen LogP contribution < -0.4 is 18.9 Å². The van der Waals surface area contributed by atoms with Gasteiger partial charge in [0.05, 0.1) is 95.8 Å². The van der Waals surface area contributed by atoms with Crippen LogP contribution in [0.2, 0.25) is 0 Å². The van der Waals surface area contributed by atoms with E-state index in [0.717, 1.165) is 159 Å². The van der Waals surface area contributed by atoms with Gasteiger partial charge in [0.25, 0.3) is 0 Å². The highest BCUT2D eigenvalue weighted by atomic mass is 32.2. The van der Waals surface area contributed by atoms with Crippen molar-refractivity contribution in [1.82, 2.24) is 0 Å². The van der Waals surface area contributed by atoms with Crippen molar-refractivity contribution in [3.8, 4) is 23.0 Å². The first kappa shape index (κ1) is 110. The van der Waals surface area contributed by atoms with Crippen LogP contribution in [0.15, 0.2) is 276 Å². The summed E-state index contributed by atoms with van der Waals surface area (Å²) in [6.45, 7) is 40.6. The number of allylic oxidation sites excluding steroid dienone is 2. The minimum absolute atomic E-state index is 0.0461. The average Bonchev–Trinajstić information content (AvgIpc) is 0.787. The Bertz CT molecular complexity index is 5200. The molecule has 0 bridgehead atoms. The van der Waals surface area contributed by atoms with Crippen molar-refractivity contribution >= 4 is 45.6 Å². The molecular weight excluding hydrogens is 1700 g/mol. The smallest absolute Gasteiger partial charge is 0.182 e. The Kier molecular flexibility index (Phi) is 47.6. The lowest BCUT2D eigenvalue weighted by Crippen LogP contribution is -2.36. The molecule has 0 saturated heterocycles. The predicted octanol–water partition coefficient (Wildman–Crippen LogP) is 24.5.